The van der Waals surface area contributed by atoms with E-state index in [-0.39, 0.29) is 17.1 Å². The molecule has 34 heavy (non-hydrogen) atoms. The van der Waals surface area contributed by atoms with Gasteiger partial charge in [-0.3, -0.25) is 18.9 Å². The highest BCUT2D eigenvalue weighted by atomic mass is 31.3. The first kappa shape index (κ1) is 26.4. The number of phosphoric acid groups is 3. The zero-order valence-electron chi connectivity index (χ0n) is 16.2. The van der Waals surface area contributed by atoms with Crippen molar-refractivity contribution in [2.45, 2.75) is 24.5 Å². The van der Waals surface area contributed by atoms with E-state index in [1.165, 1.54) is 0 Å². The Labute approximate surface area is 186 Å². The van der Waals surface area contributed by atoms with Crippen molar-refractivity contribution in [3.8, 4) is 0 Å². The third-order valence-corrected chi connectivity index (χ3v) is 7.87. The molecule has 1 saturated heterocycles. The summed E-state index contributed by atoms with van der Waals surface area (Å²) in [5.74, 6) is -0.290. The fraction of sp³-hybridized carbons (Fsp3) is 0.500. The first-order valence-corrected chi connectivity index (χ1v) is 13.0. The van der Waals surface area contributed by atoms with Gasteiger partial charge >= 0.3 is 23.5 Å². The van der Waals surface area contributed by atoms with Crippen LogP contribution in [0.2, 0.25) is 0 Å². The summed E-state index contributed by atoms with van der Waals surface area (Å²) < 4.78 is 52.1. The van der Waals surface area contributed by atoms with Gasteiger partial charge in [0.2, 0.25) is 5.95 Å². The molecule has 2 aromatic heterocycles. The molecule has 8 N–H and O–H groups in total. The van der Waals surface area contributed by atoms with Gasteiger partial charge in [0.25, 0.3) is 5.56 Å². The molecule has 2 aromatic rings. The van der Waals surface area contributed by atoms with Crippen LogP contribution in [0.3, 0.4) is 0 Å². The number of imidazole rings is 1. The van der Waals surface area contributed by atoms with Crippen LogP contribution in [0.1, 0.15) is 6.23 Å². The molecule has 3 rings (SSSR count). The molecule has 4 unspecified atom stereocenters. The molecule has 0 aromatic carbocycles. The number of azide groups is 1. The number of hydrogen-bond acceptors (Lipinski definition) is 13. The van der Waals surface area contributed by atoms with Gasteiger partial charge < -0.3 is 35.2 Å². The Hall–Kier alpha value is -2.21. The minimum absolute atomic E-state index is 0.120. The average molecular weight is 548 g/mol. The van der Waals surface area contributed by atoms with Gasteiger partial charge in [-0.05, 0) is 5.53 Å². The second-order valence-corrected chi connectivity index (χ2v) is 10.8. The smallest absolute Gasteiger partial charge is 0.390 e. The maximum absolute atomic E-state index is 12.0. The van der Waals surface area contributed by atoms with Gasteiger partial charge in [0.05, 0.1) is 19.0 Å². The molecule has 3 heterocycles. The van der Waals surface area contributed by atoms with Crippen LogP contribution in [0.5, 0.6) is 0 Å². The van der Waals surface area contributed by atoms with E-state index in [4.69, 9.17) is 30.7 Å². The van der Waals surface area contributed by atoms with Crippen molar-refractivity contribution in [1.29, 1.82) is 0 Å². The van der Waals surface area contributed by atoms with Crippen LogP contribution in [-0.2, 0) is 31.6 Å². The molecule has 24 heteroatoms. The summed E-state index contributed by atoms with van der Waals surface area (Å²) in [6.45, 7) is -1.03. The maximum Gasteiger partial charge on any atom is 0.490 e. The summed E-state index contributed by atoms with van der Waals surface area (Å²) in [6.07, 6.45) is -3.56. The SMILES string of the molecule is [N-]=[N+]=NC1C(O)[C@@H](COP(=O)(O)OP(=O)(O)OP(=O)(O)O)O[C@H]1n1cnc2c(=O)[nH]c(N)nc21. The number of anilines is 1. The number of nitrogens with two attached hydrogens (primary N) is 1. The number of aromatic amines is 1. The standard InChI is InChI=1S/C10H15N8O13P3/c11-10-14-7-5(8(20)15-10)13-2-18(7)9-4(16-17-12)6(19)3(29-9)1-28-33(24,25)31-34(26,27)30-32(21,22)23/h2-4,6,9,19H,1H2,(H,24,25)(H,26,27)(H2,21,22,23)(H3,11,14,15,20)/t3-,4?,6?,9-/m1/s1. The number of aliphatic hydroxyl groups excluding tert-OH is 1. The van der Waals surface area contributed by atoms with Gasteiger partial charge in [0.15, 0.2) is 11.2 Å². The van der Waals surface area contributed by atoms with E-state index >= 15 is 0 Å². The second-order valence-electron chi connectivity index (χ2n) is 6.41. The molecule has 0 radical (unpaired) electrons. The molecule has 1 aliphatic rings. The average Bonchev–Trinajstić information content (AvgIpc) is 3.19. The van der Waals surface area contributed by atoms with Crippen LogP contribution < -0.4 is 11.3 Å². The van der Waals surface area contributed by atoms with Crippen LogP contribution in [0, 0.1) is 0 Å². The molecule has 1 fully saturated rings. The van der Waals surface area contributed by atoms with Gasteiger partial charge in [0.1, 0.15) is 18.4 Å². The third kappa shape index (κ3) is 6.07. The number of aliphatic hydroxyl groups is 1. The van der Waals surface area contributed by atoms with Crippen molar-refractivity contribution >= 4 is 40.6 Å². The number of nitrogens with zero attached hydrogens (tertiary/aromatic N) is 6. The van der Waals surface area contributed by atoms with E-state index in [9.17, 15) is 28.5 Å². The molecule has 188 valence electrons. The monoisotopic (exact) mass is 548 g/mol. The number of nitrogen functional groups attached to an aromatic ring is 1. The molecular weight excluding hydrogens is 533 g/mol. The number of fused-ring (bicyclic) bond motifs is 1. The Balaban J connectivity index is 1.81. The molecular formula is C10H15N8O13P3. The first-order chi connectivity index (χ1) is 15.6. The van der Waals surface area contributed by atoms with Gasteiger partial charge in [-0.25, -0.2) is 18.7 Å². The molecule has 0 bridgehead atoms. The lowest BCUT2D eigenvalue weighted by atomic mass is 10.1. The maximum atomic E-state index is 12.0. The predicted molar refractivity (Wildman–Crippen MR) is 105 cm³/mol. The lowest BCUT2D eigenvalue weighted by molar-refractivity contribution is -0.0428. The van der Waals surface area contributed by atoms with Gasteiger partial charge in [-0.1, -0.05) is 5.11 Å². The number of ether oxygens (including phenoxy) is 1. The minimum atomic E-state index is -5.76. The van der Waals surface area contributed by atoms with Crippen LogP contribution >= 0.6 is 23.5 Å². The largest absolute Gasteiger partial charge is 0.490 e. The van der Waals surface area contributed by atoms with Gasteiger partial charge in [-0.15, -0.1) is 0 Å². The Kier molecular flexibility index (Phi) is 7.33. The number of aromatic nitrogens is 4. The van der Waals surface area contributed by atoms with Crippen LogP contribution in [0.4, 0.5) is 5.95 Å². The normalized spacial score (nSPS) is 26.6. The Morgan fingerprint density at radius 2 is 1.94 bits per heavy atom. The fourth-order valence-corrected chi connectivity index (χ4v) is 5.91. The summed E-state index contributed by atoms with van der Waals surface area (Å²) in [7, 11) is -16.9. The summed E-state index contributed by atoms with van der Waals surface area (Å²) >= 11 is 0. The number of rotatable bonds is 9. The van der Waals surface area contributed by atoms with Crippen molar-refractivity contribution in [3.05, 3.63) is 27.1 Å². The van der Waals surface area contributed by atoms with E-state index in [1.54, 1.807) is 0 Å². The summed E-state index contributed by atoms with van der Waals surface area (Å²) in [5.41, 5.74) is 13.3. The number of phosphoric ester groups is 1. The van der Waals surface area contributed by atoms with E-state index in [1.807, 2.05) is 0 Å². The van der Waals surface area contributed by atoms with E-state index in [0.29, 0.717) is 0 Å². The molecule has 0 amide bonds. The minimum Gasteiger partial charge on any atom is -0.390 e. The van der Waals surface area contributed by atoms with Crippen molar-refractivity contribution in [2.24, 2.45) is 5.11 Å². The highest BCUT2D eigenvalue weighted by molar-refractivity contribution is 7.66. The second kappa shape index (κ2) is 9.44. The third-order valence-electron chi connectivity index (χ3n) is 4.06. The van der Waals surface area contributed by atoms with E-state index < -0.39 is 60.1 Å². The zero-order valence-corrected chi connectivity index (χ0v) is 18.9. The van der Waals surface area contributed by atoms with Crippen LogP contribution in [0.25, 0.3) is 21.6 Å². The van der Waals surface area contributed by atoms with Crippen LogP contribution in [-0.4, -0.2) is 69.1 Å². The van der Waals surface area contributed by atoms with Crippen molar-refractivity contribution < 1.29 is 56.3 Å². The van der Waals surface area contributed by atoms with E-state index in [2.05, 4.69) is 38.1 Å². The lowest BCUT2D eigenvalue weighted by Gasteiger charge is -2.19. The summed E-state index contributed by atoms with van der Waals surface area (Å²) in [5, 5.41) is 13.8. The molecule has 21 nitrogen and oxygen atoms in total. The topological polar surface area (TPSA) is 328 Å². The van der Waals surface area contributed by atoms with Crippen molar-refractivity contribution in [3.63, 3.8) is 0 Å². The van der Waals surface area contributed by atoms with Crippen molar-refractivity contribution in [1.82, 2.24) is 19.5 Å². The zero-order chi connectivity index (χ0) is 25.5. The molecule has 0 saturated carbocycles. The summed E-state index contributed by atoms with van der Waals surface area (Å²) in [6, 6.07) is -1.42. The van der Waals surface area contributed by atoms with Crippen molar-refractivity contribution in [2.75, 3.05) is 12.3 Å². The molecule has 0 aliphatic carbocycles. The molecule has 0 spiro atoms. The predicted octanol–water partition coefficient (Wildman–Crippen LogP) is -1.02. The first-order valence-electron chi connectivity index (χ1n) is 8.51. The van der Waals surface area contributed by atoms with Gasteiger partial charge in [-0.2, -0.15) is 13.6 Å². The highest BCUT2D eigenvalue weighted by Crippen LogP contribution is 2.66. The number of nitrogens with one attached hydrogen (secondary N) is 1. The molecule has 6 atom stereocenters. The lowest BCUT2D eigenvalue weighted by Crippen LogP contribution is -2.32. The number of hydrogen-bond donors (Lipinski definition) is 7. The molecule has 1 aliphatic heterocycles. The Morgan fingerprint density at radius 1 is 1.26 bits per heavy atom. The Morgan fingerprint density at radius 3 is 2.56 bits per heavy atom. The van der Waals surface area contributed by atoms with Gasteiger partial charge in [0, 0.05) is 4.91 Å². The summed E-state index contributed by atoms with van der Waals surface area (Å²) in [4.78, 5) is 60.3. The van der Waals surface area contributed by atoms with E-state index in [0.717, 1.165) is 10.9 Å². The quantitative estimate of drug-likeness (QED) is 0.0853. The fourth-order valence-electron chi connectivity index (χ4n) is 2.88. The highest BCUT2D eigenvalue weighted by Gasteiger charge is 2.47. The van der Waals surface area contributed by atoms with Crippen LogP contribution in [0.15, 0.2) is 16.2 Å². The number of H-pyrrole nitrogens is 1. The Bertz CT molecular complexity index is 1330.